The Bertz CT molecular complexity index is 1200. The molecular formula is C32H49NO11. The number of phenols is 2. The summed E-state index contributed by atoms with van der Waals surface area (Å²) in [4.78, 5) is 25.8. The number of rotatable bonds is 13. The topological polar surface area (TPSA) is 173 Å². The summed E-state index contributed by atoms with van der Waals surface area (Å²) >= 11 is 0. The first-order valence-corrected chi connectivity index (χ1v) is 14.9. The summed E-state index contributed by atoms with van der Waals surface area (Å²) in [6.45, 7) is 13.0. The minimum Gasteiger partial charge on any atom is -0.508 e. The monoisotopic (exact) mass is 623 g/mol. The quantitative estimate of drug-likeness (QED) is 0.124. The van der Waals surface area contributed by atoms with Crippen LogP contribution in [0, 0.1) is 18.3 Å². The van der Waals surface area contributed by atoms with Crippen molar-refractivity contribution in [3.63, 3.8) is 0 Å². The van der Waals surface area contributed by atoms with E-state index in [1.54, 1.807) is 27.9 Å². The summed E-state index contributed by atoms with van der Waals surface area (Å²) < 4.78 is 28.8. The molecule has 0 unspecified atom stereocenters. The fourth-order valence-electron chi connectivity index (χ4n) is 6.19. The van der Waals surface area contributed by atoms with Gasteiger partial charge in [-0.15, -0.1) is 6.58 Å². The maximum absolute atomic E-state index is 13.0. The van der Waals surface area contributed by atoms with Crippen LogP contribution in [0.15, 0.2) is 18.2 Å². The Kier molecular flexibility index (Phi) is 11.8. The number of carbonyl (C=O) groups excluding carboxylic acids is 2. The smallest absolute Gasteiger partial charge is 0.342 e. The van der Waals surface area contributed by atoms with E-state index in [-0.39, 0.29) is 36.0 Å². The van der Waals surface area contributed by atoms with Crippen LogP contribution in [0.1, 0.15) is 68.4 Å². The van der Waals surface area contributed by atoms with Gasteiger partial charge >= 0.3 is 5.97 Å². The second-order valence-corrected chi connectivity index (χ2v) is 12.7. The van der Waals surface area contributed by atoms with Crippen LogP contribution in [-0.4, -0.2) is 103 Å². The average molecular weight is 624 g/mol. The third-order valence-corrected chi connectivity index (χ3v) is 9.26. The molecule has 248 valence electrons. The maximum Gasteiger partial charge on any atom is 0.342 e. The molecule has 0 radical (unpaired) electrons. The van der Waals surface area contributed by atoms with E-state index in [0.29, 0.717) is 24.0 Å². The summed E-state index contributed by atoms with van der Waals surface area (Å²) in [7, 11) is 4.41. The van der Waals surface area contributed by atoms with Gasteiger partial charge in [0.25, 0.3) is 5.91 Å². The molecule has 1 aromatic rings. The number of methoxy groups -OCH3 is 3. The highest BCUT2D eigenvalue weighted by molar-refractivity contribution is 5.96. The van der Waals surface area contributed by atoms with E-state index in [1.807, 2.05) is 13.8 Å². The van der Waals surface area contributed by atoms with Gasteiger partial charge < -0.3 is 49.4 Å². The number of aromatic hydroxyl groups is 2. The van der Waals surface area contributed by atoms with Crippen molar-refractivity contribution in [1.82, 2.24) is 5.32 Å². The molecule has 12 heteroatoms. The number of fused-ring (bicyclic) bond motifs is 1. The molecule has 0 spiro atoms. The van der Waals surface area contributed by atoms with Crippen LogP contribution in [0.2, 0.25) is 0 Å². The highest BCUT2D eigenvalue weighted by Crippen LogP contribution is 2.43. The first kappa shape index (κ1) is 35.7. The van der Waals surface area contributed by atoms with Crippen molar-refractivity contribution in [3.8, 4) is 11.5 Å². The number of amides is 1. The number of hydrogen-bond acceptors (Lipinski definition) is 11. The van der Waals surface area contributed by atoms with Crippen molar-refractivity contribution in [2.24, 2.45) is 11.3 Å². The van der Waals surface area contributed by atoms with Gasteiger partial charge in [0.15, 0.2) is 12.3 Å². The molecule has 9 atom stereocenters. The lowest BCUT2D eigenvalue weighted by atomic mass is 9.72. The van der Waals surface area contributed by atoms with E-state index < -0.39 is 66.1 Å². The number of aliphatic hydroxyl groups excluding tert-OH is 2. The summed E-state index contributed by atoms with van der Waals surface area (Å²) in [6.07, 6.45) is -5.47. The van der Waals surface area contributed by atoms with Gasteiger partial charge in [0, 0.05) is 58.0 Å². The van der Waals surface area contributed by atoms with Crippen molar-refractivity contribution in [3.05, 3.63) is 34.9 Å². The van der Waals surface area contributed by atoms with Gasteiger partial charge in [-0.25, -0.2) is 4.79 Å². The molecular weight excluding hydrogens is 574 g/mol. The van der Waals surface area contributed by atoms with E-state index >= 15 is 0 Å². The molecule has 0 aliphatic carbocycles. The molecule has 1 fully saturated rings. The largest absolute Gasteiger partial charge is 0.508 e. The molecule has 0 bridgehead atoms. The van der Waals surface area contributed by atoms with Crippen LogP contribution in [0.4, 0.5) is 0 Å². The fourth-order valence-corrected chi connectivity index (χ4v) is 6.19. The Morgan fingerprint density at radius 3 is 2.39 bits per heavy atom. The van der Waals surface area contributed by atoms with Crippen molar-refractivity contribution in [2.45, 2.75) is 109 Å². The minimum atomic E-state index is -1.47. The summed E-state index contributed by atoms with van der Waals surface area (Å²) in [6, 6.07) is 1.12. The zero-order valence-corrected chi connectivity index (χ0v) is 27.0. The predicted octanol–water partition coefficient (Wildman–Crippen LogP) is 2.50. The third kappa shape index (κ3) is 7.55. The number of esters is 1. The molecule has 1 amide bonds. The van der Waals surface area contributed by atoms with Crippen LogP contribution >= 0.6 is 0 Å². The van der Waals surface area contributed by atoms with Gasteiger partial charge in [0.05, 0.1) is 24.4 Å². The van der Waals surface area contributed by atoms with Gasteiger partial charge in [-0.3, -0.25) is 4.79 Å². The zero-order chi connectivity index (χ0) is 33.1. The normalized spacial score (nSPS) is 26.5. The van der Waals surface area contributed by atoms with Gasteiger partial charge in [0.2, 0.25) is 0 Å². The number of phenolic OH excluding ortho intramolecular Hbond substituents is 2. The highest BCUT2D eigenvalue weighted by atomic mass is 16.6. The van der Waals surface area contributed by atoms with Crippen LogP contribution < -0.4 is 5.32 Å². The van der Waals surface area contributed by atoms with E-state index in [2.05, 4.69) is 11.9 Å². The van der Waals surface area contributed by atoms with Crippen LogP contribution in [0.3, 0.4) is 0 Å². The number of hydrogen-bond donors (Lipinski definition) is 5. The van der Waals surface area contributed by atoms with Gasteiger partial charge in [-0.05, 0) is 31.4 Å². The molecule has 2 heterocycles. The first-order chi connectivity index (χ1) is 20.6. The number of benzene rings is 1. The van der Waals surface area contributed by atoms with Gasteiger partial charge in [0.1, 0.15) is 29.3 Å². The first-order valence-electron chi connectivity index (χ1n) is 14.9. The zero-order valence-electron chi connectivity index (χ0n) is 27.0. The lowest BCUT2D eigenvalue weighted by molar-refractivity contribution is -0.222. The van der Waals surface area contributed by atoms with Crippen LogP contribution in [0.25, 0.3) is 0 Å². The standard InChI is InChI=1S/C32H49NO11/c1-15(2)10-23(40-7)28(37)29(38)33-30(42-9)24-14-25(41-8)32(5,6)26(43-24)13-20(35)17(4)22-11-18-16(3)19(34)12-21(36)27(18)31(39)44-22/h12,17,20,22-26,28,30,34-37H,1,10-11,13-14H2,2-9H3,(H,33,38)/t17-,20+,22-,23+,24+,25-,26-,28+,30+/m1/s1. The highest BCUT2D eigenvalue weighted by Gasteiger charge is 2.49. The molecule has 0 aromatic heterocycles. The summed E-state index contributed by atoms with van der Waals surface area (Å²) in [5.41, 5.74) is 1.16. The number of cyclic esters (lactones) is 1. The summed E-state index contributed by atoms with van der Waals surface area (Å²) in [5, 5.41) is 45.2. The molecule has 1 saturated heterocycles. The second-order valence-electron chi connectivity index (χ2n) is 12.7. The predicted molar refractivity (Wildman–Crippen MR) is 160 cm³/mol. The Labute approximate surface area is 259 Å². The lowest BCUT2D eigenvalue weighted by Gasteiger charge is -2.49. The Morgan fingerprint density at radius 2 is 1.82 bits per heavy atom. The van der Waals surface area contributed by atoms with Gasteiger partial charge in [-0.1, -0.05) is 26.3 Å². The van der Waals surface area contributed by atoms with Crippen LogP contribution in [-0.2, 0) is 34.9 Å². The van der Waals surface area contributed by atoms with Crippen molar-refractivity contribution in [1.29, 1.82) is 0 Å². The van der Waals surface area contributed by atoms with E-state index in [4.69, 9.17) is 23.7 Å². The van der Waals surface area contributed by atoms with E-state index in [1.165, 1.54) is 14.2 Å². The molecule has 3 rings (SSSR count). The minimum absolute atomic E-state index is 0.0231. The molecule has 1 aromatic carbocycles. The fraction of sp³-hybridized carbons (Fsp3) is 0.688. The lowest BCUT2D eigenvalue weighted by Crippen LogP contribution is -2.59. The summed E-state index contributed by atoms with van der Waals surface area (Å²) in [5.74, 6) is -2.43. The molecule has 5 N–H and O–H groups in total. The maximum atomic E-state index is 13.0. The molecule has 2 aliphatic rings. The SMILES string of the molecule is C=C(C)C[C@H](OC)[C@H](O)C(=O)N[C@@H](OC)[C@@H]1C[C@@H](OC)C(C)(C)[C@@H](C[C@H](O)[C@@H](C)[C@H]2Cc3c(C)c(O)cc(O)c3C(=O)O2)O1. The van der Waals surface area contributed by atoms with Gasteiger partial charge in [-0.2, -0.15) is 0 Å². The number of aliphatic hydroxyl groups is 2. The van der Waals surface area contributed by atoms with Crippen molar-refractivity contribution in [2.75, 3.05) is 21.3 Å². The van der Waals surface area contributed by atoms with E-state index in [0.717, 1.165) is 11.6 Å². The number of carbonyl (C=O) groups is 2. The third-order valence-electron chi connectivity index (χ3n) is 9.26. The van der Waals surface area contributed by atoms with Crippen molar-refractivity contribution < 1.29 is 53.7 Å². The average Bonchev–Trinajstić information content (AvgIpc) is 2.96. The van der Waals surface area contributed by atoms with Crippen LogP contribution in [0.5, 0.6) is 11.5 Å². The molecule has 44 heavy (non-hydrogen) atoms. The molecule has 12 nitrogen and oxygen atoms in total. The molecule has 2 aliphatic heterocycles. The van der Waals surface area contributed by atoms with Crippen molar-refractivity contribution >= 4 is 11.9 Å². The number of nitrogens with one attached hydrogen (secondary N) is 1. The Hall–Kier alpha value is -2.74. The molecule has 0 saturated carbocycles. The van der Waals surface area contributed by atoms with E-state index in [9.17, 15) is 30.0 Å². The number of ether oxygens (including phenoxy) is 5. The Morgan fingerprint density at radius 1 is 1.16 bits per heavy atom. The Balaban J connectivity index is 1.76. The second kappa shape index (κ2) is 14.6.